The van der Waals surface area contributed by atoms with Gasteiger partial charge in [-0.2, -0.15) is 5.10 Å². The number of nitrogens with one attached hydrogen (secondary N) is 1. The Labute approximate surface area is 206 Å². The van der Waals surface area contributed by atoms with E-state index in [0.717, 1.165) is 37.1 Å². The van der Waals surface area contributed by atoms with Gasteiger partial charge < -0.3 is 5.32 Å². The van der Waals surface area contributed by atoms with E-state index < -0.39 is 0 Å². The van der Waals surface area contributed by atoms with Crippen LogP contribution in [0.5, 0.6) is 0 Å². The summed E-state index contributed by atoms with van der Waals surface area (Å²) in [5.41, 5.74) is 2.14. The Hall–Kier alpha value is -3.10. The Morgan fingerprint density at radius 3 is 2.68 bits per heavy atom. The molecule has 0 radical (unpaired) electrons. The Morgan fingerprint density at radius 1 is 1.15 bits per heavy atom. The van der Waals surface area contributed by atoms with Crippen molar-refractivity contribution >= 4 is 46.0 Å². The van der Waals surface area contributed by atoms with E-state index in [2.05, 4.69) is 10.4 Å². The van der Waals surface area contributed by atoms with E-state index >= 15 is 0 Å². The smallest absolute Gasteiger partial charge is 0.262 e. The molecule has 2 aromatic heterocycles. The Bertz CT molecular complexity index is 1410. The number of anilines is 1. The summed E-state index contributed by atoms with van der Waals surface area (Å²) in [5.74, 6) is 0.519. The lowest BCUT2D eigenvalue weighted by Crippen LogP contribution is -2.27. The van der Waals surface area contributed by atoms with Crippen molar-refractivity contribution in [2.24, 2.45) is 0 Å². The van der Waals surface area contributed by atoms with Gasteiger partial charge >= 0.3 is 0 Å². The molecule has 5 rings (SSSR count). The number of hydrogen-bond acceptors (Lipinski definition) is 5. The van der Waals surface area contributed by atoms with Crippen molar-refractivity contribution in [3.63, 3.8) is 0 Å². The van der Waals surface area contributed by atoms with Gasteiger partial charge in [0.25, 0.3) is 5.56 Å². The highest BCUT2D eigenvalue weighted by Crippen LogP contribution is 2.32. The number of hydrogen-bond donors (Lipinski definition) is 1. The molecule has 1 aliphatic carbocycles. The van der Waals surface area contributed by atoms with Gasteiger partial charge in [0, 0.05) is 17.1 Å². The number of carbonyl (C=O) groups excluding carboxylic acids is 1. The van der Waals surface area contributed by atoms with Crippen LogP contribution in [0.3, 0.4) is 0 Å². The molecule has 0 spiro atoms. The third kappa shape index (κ3) is 4.60. The number of carbonyl (C=O) groups is 1. The van der Waals surface area contributed by atoms with Gasteiger partial charge in [-0.3, -0.25) is 14.2 Å². The maximum Gasteiger partial charge on any atom is 0.262 e. The molecule has 0 saturated heterocycles. The molecule has 2 aromatic carbocycles. The highest BCUT2D eigenvalue weighted by atomic mass is 35.5. The van der Waals surface area contributed by atoms with Crippen molar-refractivity contribution in [3.8, 4) is 5.69 Å². The van der Waals surface area contributed by atoms with Crippen molar-refractivity contribution in [2.75, 3.05) is 11.1 Å². The molecule has 1 saturated carbocycles. The number of thioether (sulfide) groups is 1. The number of fused-ring (bicyclic) bond motifs is 1. The van der Waals surface area contributed by atoms with Crippen molar-refractivity contribution in [1.29, 1.82) is 0 Å². The van der Waals surface area contributed by atoms with Gasteiger partial charge in [0.05, 0.1) is 28.0 Å². The minimum absolute atomic E-state index is 0.0748. The summed E-state index contributed by atoms with van der Waals surface area (Å²) in [7, 11) is 0. The minimum atomic E-state index is -0.194. The molecule has 1 aliphatic rings. The second-order valence-electron chi connectivity index (χ2n) is 8.42. The molecule has 0 aliphatic heterocycles. The summed E-state index contributed by atoms with van der Waals surface area (Å²) in [6.45, 7) is 1.88. The van der Waals surface area contributed by atoms with Crippen molar-refractivity contribution < 1.29 is 4.79 Å². The zero-order valence-electron chi connectivity index (χ0n) is 18.7. The summed E-state index contributed by atoms with van der Waals surface area (Å²) < 4.78 is 3.49. The van der Waals surface area contributed by atoms with E-state index in [9.17, 15) is 9.59 Å². The number of aromatic nitrogens is 4. The molecular weight excluding hydrogens is 470 g/mol. The number of nitrogens with zero attached hydrogens (tertiary/aromatic N) is 4. The van der Waals surface area contributed by atoms with Crippen LogP contribution in [0.25, 0.3) is 16.6 Å². The molecule has 0 atom stereocenters. The Morgan fingerprint density at radius 2 is 1.91 bits per heavy atom. The molecule has 7 nitrogen and oxygen atoms in total. The van der Waals surface area contributed by atoms with Gasteiger partial charge in [-0.25, -0.2) is 9.67 Å². The largest absolute Gasteiger partial charge is 0.310 e. The predicted molar refractivity (Wildman–Crippen MR) is 136 cm³/mol. The Kier molecular flexibility index (Phi) is 6.43. The second-order valence-corrected chi connectivity index (χ2v) is 9.80. The fourth-order valence-electron chi connectivity index (χ4n) is 4.40. The first-order chi connectivity index (χ1) is 16.5. The van der Waals surface area contributed by atoms with Crippen LogP contribution in [0.2, 0.25) is 5.02 Å². The predicted octanol–water partition coefficient (Wildman–Crippen LogP) is 5.39. The van der Waals surface area contributed by atoms with E-state index in [-0.39, 0.29) is 23.3 Å². The number of rotatable bonds is 6. The minimum Gasteiger partial charge on any atom is -0.310 e. The molecule has 9 heteroatoms. The van der Waals surface area contributed by atoms with Gasteiger partial charge in [0.1, 0.15) is 5.82 Å². The SMILES string of the molecule is Cc1cc(NC(=O)CSc2nc3cc(Cl)ccc3c(=O)n2C2CCCC2)n(-c2ccccc2)n1. The summed E-state index contributed by atoms with van der Waals surface area (Å²) in [5, 5.41) is 9.08. The summed E-state index contributed by atoms with van der Waals surface area (Å²) in [4.78, 5) is 31.0. The van der Waals surface area contributed by atoms with E-state index in [1.165, 1.54) is 11.8 Å². The molecule has 0 bridgehead atoms. The second kappa shape index (κ2) is 9.64. The first kappa shape index (κ1) is 22.7. The fraction of sp³-hybridized carbons (Fsp3) is 0.280. The van der Waals surface area contributed by atoms with Crippen LogP contribution in [-0.2, 0) is 4.79 Å². The van der Waals surface area contributed by atoms with E-state index in [1.54, 1.807) is 27.4 Å². The lowest BCUT2D eigenvalue weighted by atomic mass is 10.2. The number of para-hydroxylation sites is 1. The molecule has 34 heavy (non-hydrogen) atoms. The molecule has 1 fully saturated rings. The summed E-state index contributed by atoms with van der Waals surface area (Å²) in [6, 6.07) is 16.7. The van der Waals surface area contributed by atoms with Gasteiger partial charge in [0.2, 0.25) is 5.91 Å². The van der Waals surface area contributed by atoms with Gasteiger partial charge in [-0.1, -0.05) is 54.4 Å². The first-order valence-corrected chi connectivity index (χ1v) is 12.6. The van der Waals surface area contributed by atoms with Crippen LogP contribution in [0.15, 0.2) is 64.5 Å². The lowest BCUT2D eigenvalue weighted by Gasteiger charge is -2.18. The number of amides is 1. The van der Waals surface area contributed by atoms with Crippen LogP contribution in [-0.4, -0.2) is 31.0 Å². The maximum absolute atomic E-state index is 13.3. The number of aryl methyl sites for hydroxylation is 1. The third-order valence-electron chi connectivity index (χ3n) is 5.95. The monoisotopic (exact) mass is 493 g/mol. The molecular formula is C25H24ClN5O2S. The van der Waals surface area contributed by atoms with Crippen molar-refractivity contribution in [1.82, 2.24) is 19.3 Å². The third-order valence-corrected chi connectivity index (χ3v) is 7.14. The molecule has 2 heterocycles. The average molecular weight is 494 g/mol. The zero-order valence-corrected chi connectivity index (χ0v) is 20.3. The van der Waals surface area contributed by atoms with Crippen LogP contribution in [0, 0.1) is 6.92 Å². The topological polar surface area (TPSA) is 81.8 Å². The van der Waals surface area contributed by atoms with Crippen LogP contribution < -0.4 is 10.9 Å². The van der Waals surface area contributed by atoms with Gasteiger partial charge in [-0.05, 0) is 50.1 Å². The normalized spacial score (nSPS) is 14.1. The van der Waals surface area contributed by atoms with E-state index in [1.807, 2.05) is 43.3 Å². The first-order valence-electron chi connectivity index (χ1n) is 11.3. The fourth-order valence-corrected chi connectivity index (χ4v) is 5.43. The highest BCUT2D eigenvalue weighted by Gasteiger charge is 2.24. The standard InChI is InChI=1S/C25H24ClN5O2S/c1-16-13-22(31(29-16)19-9-3-2-4-10-19)28-23(32)15-34-25-27-21-14-17(26)11-12-20(21)24(33)30(25)18-7-5-6-8-18/h2-4,9-14,18H,5-8,15H2,1H3,(H,28,32). The zero-order chi connectivity index (χ0) is 23.7. The summed E-state index contributed by atoms with van der Waals surface area (Å²) >= 11 is 7.42. The Balaban J connectivity index is 1.41. The maximum atomic E-state index is 13.3. The lowest BCUT2D eigenvalue weighted by molar-refractivity contribution is -0.113. The molecule has 1 amide bonds. The van der Waals surface area contributed by atoms with E-state index in [0.29, 0.717) is 26.9 Å². The molecule has 174 valence electrons. The molecule has 0 unspecified atom stereocenters. The van der Waals surface area contributed by atoms with Crippen molar-refractivity contribution in [3.05, 3.63) is 75.7 Å². The summed E-state index contributed by atoms with van der Waals surface area (Å²) in [6.07, 6.45) is 4.05. The highest BCUT2D eigenvalue weighted by molar-refractivity contribution is 7.99. The number of benzene rings is 2. The van der Waals surface area contributed by atoms with Gasteiger partial charge in [-0.15, -0.1) is 0 Å². The van der Waals surface area contributed by atoms with Crippen LogP contribution in [0.1, 0.15) is 37.4 Å². The quantitative estimate of drug-likeness (QED) is 0.287. The number of halogens is 1. The average Bonchev–Trinajstić information content (AvgIpc) is 3.48. The molecule has 4 aromatic rings. The van der Waals surface area contributed by atoms with Gasteiger partial charge in [0.15, 0.2) is 5.16 Å². The molecule has 1 N–H and O–H groups in total. The van der Waals surface area contributed by atoms with Crippen LogP contribution in [0.4, 0.5) is 5.82 Å². The van der Waals surface area contributed by atoms with Crippen molar-refractivity contribution in [2.45, 2.75) is 43.8 Å². The van der Waals surface area contributed by atoms with E-state index in [4.69, 9.17) is 16.6 Å². The van der Waals surface area contributed by atoms with Crippen LogP contribution >= 0.6 is 23.4 Å².